The molecule has 2 fully saturated rings. The molecular formula is C18H23N3O3. The number of nitrogens with zero attached hydrogens (tertiary/aromatic N) is 2. The van der Waals surface area contributed by atoms with Crippen LogP contribution in [0.15, 0.2) is 24.3 Å². The van der Waals surface area contributed by atoms with Crippen LogP contribution in [0.1, 0.15) is 18.9 Å². The second-order valence-corrected chi connectivity index (χ2v) is 6.46. The Kier molecular flexibility index (Phi) is 4.83. The van der Waals surface area contributed by atoms with Gasteiger partial charge in [0, 0.05) is 31.9 Å². The molecule has 1 N–H and O–H groups in total. The molecule has 1 aliphatic carbocycles. The molecule has 6 nitrogen and oxygen atoms in total. The summed E-state index contributed by atoms with van der Waals surface area (Å²) in [6, 6.07) is 7.79. The zero-order chi connectivity index (χ0) is 17.1. The molecule has 0 spiro atoms. The third-order valence-corrected chi connectivity index (χ3v) is 4.85. The van der Waals surface area contributed by atoms with E-state index in [-0.39, 0.29) is 23.7 Å². The van der Waals surface area contributed by atoms with E-state index >= 15 is 0 Å². The van der Waals surface area contributed by atoms with Crippen LogP contribution in [-0.2, 0) is 20.8 Å². The molecule has 2 aliphatic rings. The number of hydrogen-bond donors (Lipinski definition) is 1. The first-order valence-electron chi connectivity index (χ1n) is 8.50. The number of carbonyl (C=O) groups is 3. The summed E-state index contributed by atoms with van der Waals surface area (Å²) in [6.07, 6.45) is 2.40. The van der Waals surface area contributed by atoms with Gasteiger partial charge in [0.15, 0.2) is 0 Å². The fraction of sp³-hybridized carbons (Fsp3) is 0.500. The lowest BCUT2D eigenvalue weighted by molar-refractivity contribution is -0.137. The van der Waals surface area contributed by atoms with Crippen molar-refractivity contribution in [2.45, 2.75) is 19.8 Å². The summed E-state index contributed by atoms with van der Waals surface area (Å²) >= 11 is 0. The van der Waals surface area contributed by atoms with Crippen LogP contribution in [-0.4, -0.2) is 54.2 Å². The second kappa shape index (κ2) is 7.03. The van der Waals surface area contributed by atoms with E-state index in [2.05, 4.69) is 12.2 Å². The molecule has 3 rings (SSSR count). The van der Waals surface area contributed by atoms with Gasteiger partial charge in [-0.15, -0.1) is 0 Å². The second-order valence-electron chi connectivity index (χ2n) is 6.46. The van der Waals surface area contributed by atoms with Crippen LogP contribution in [0.2, 0.25) is 0 Å². The van der Waals surface area contributed by atoms with Crippen molar-refractivity contribution in [3.05, 3.63) is 29.8 Å². The van der Waals surface area contributed by atoms with E-state index in [4.69, 9.17) is 0 Å². The summed E-state index contributed by atoms with van der Waals surface area (Å²) in [6.45, 7) is 4.34. The van der Waals surface area contributed by atoms with Crippen LogP contribution in [0.3, 0.4) is 0 Å². The molecule has 3 amide bonds. The largest absolute Gasteiger partial charge is 0.342 e. The highest BCUT2D eigenvalue weighted by atomic mass is 16.2. The molecule has 1 saturated carbocycles. The Hall–Kier alpha value is -2.37. The van der Waals surface area contributed by atoms with E-state index in [1.165, 1.54) is 5.56 Å². The molecule has 1 aliphatic heterocycles. The minimum Gasteiger partial charge on any atom is -0.342 e. The smallest absolute Gasteiger partial charge is 0.228 e. The number of piperazine rings is 1. The Morgan fingerprint density at radius 1 is 1.12 bits per heavy atom. The number of hydrogen-bond acceptors (Lipinski definition) is 3. The monoisotopic (exact) mass is 329 g/mol. The number of nitrogens with one attached hydrogen (secondary N) is 1. The van der Waals surface area contributed by atoms with Crippen LogP contribution >= 0.6 is 0 Å². The van der Waals surface area contributed by atoms with Gasteiger partial charge in [0.1, 0.15) is 0 Å². The van der Waals surface area contributed by atoms with E-state index in [0.717, 1.165) is 18.5 Å². The van der Waals surface area contributed by atoms with Crippen molar-refractivity contribution >= 4 is 23.9 Å². The van der Waals surface area contributed by atoms with Gasteiger partial charge >= 0.3 is 0 Å². The Morgan fingerprint density at radius 3 is 2.38 bits per heavy atom. The van der Waals surface area contributed by atoms with Crippen molar-refractivity contribution in [2.24, 2.45) is 11.8 Å². The number of amides is 3. The summed E-state index contributed by atoms with van der Waals surface area (Å²) in [5.74, 6) is -0.471. The van der Waals surface area contributed by atoms with Gasteiger partial charge < -0.3 is 15.1 Å². The SMILES string of the molecule is CCc1ccc(NC(=O)C2CC2C(=O)N2CCN(C=O)CC2)cc1. The third-order valence-electron chi connectivity index (χ3n) is 4.85. The molecule has 1 aromatic carbocycles. The summed E-state index contributed by atoms with van der Waals surface area (Å²) in [5.41, 5.74) is 2.00. The first-order chi connectivity index (χ1) is 11.6. The number of anilines is 1. The van der Waals surface area contributed by atoms with Crippen LogP contribution < -0.4 is 5.32 Å². The van der Waals surface area contributed by atoms with Crippen molar-refractivity contribution in [1.82, 2.24) is 9.80 Å². The van der Waals surface area contributed by atoms with Crippen LogP contribution in [0.4, 0.5) is 5.69 Å². The van der Waals surface area contributed by atoms with E-state index < -0.39 is 0 Å². The number of benzene rings is 1. The van der Waals surface area contributed by atoms with Crippen LogP contribution in [0.25, 0.3) is 0 Å². The highest BCUT2D eigenvalue weighted by Crippen LogP contribution is 2.41. The summed E-state index contributed by atoms with van der Waals surface area (Å²) in [5, 5.41) is 2.89. The van der Waals surface area contributed by atoms with Crippen molar-refractivity contribution < 1.29 is 14.4 Å². The molecular weight excluding hydrogens is 306 g/mol. The van der Waals surface area contributed by atoms with E-state index in [1.807, 2.05) is 24.3 Å². The fourth-order valence-electron chi connectivity index (χ4n) is 3.10. The molecule has 1 heterocycles. The van der Waals surface area contributed by atoms with Crippen LogP contribution in [0.5, 0.6) is 0 Å². The summed E-state index contributed by atoms with van der Waals surface area (Å²) < 4.78 is 0. The number of carbonyl (C=O) groups excluding carboxylic acids is 3. The van der Waals surface area contributed by atoms with Gasteiger partial charge in [-0.3, -0.25) is 14.4 Å². The molecule has 0 aromatic heterocycles. The van der Waals surface area contributed by atoms with Gasteiger partial charge in [0.05, 0.1) is 11.8 Å². The molecule has 1 aromatic rings. The molecule has 0 radical (unpaired) electrons. The topological polar surface area (TPSA) is 69.7 Å². The predicted molar refractivity (Wildman–Crippen MR) is 90.3 cm³/mol. The minimum atomic E-state index is -0.229. The zero-order valence-corrected chi connectivity index (χ0v) is 13.9. The van der Waals surface area contributed by atoms with Gasteiger partial charge in [-0.2, -0.15) is 0 Å². The van der Waals surface area contributed by atoms with Crippen molar-refractivity contribution in [3.8, 4) is 0 Å². The molecule has 1 saturated heterocycles. The maximum absolute atomic E-state index is 12.4. The lowest BCUT2D eigenvalue weighted by Crippen LogP contribution is -2.48. The minimum absolute atomic E-state index is 0.0435. The standard InChI is InChI=1S/C18H23N3O3/c1-2-13-3-5-14(6-4-13)19-17(23)15-11-16(15)18(24)21-9-7-20(12-22)8-10-21/h3-6,12,15-16H,2,7-11H2,1H3,(H,19,23). The fourth-order valence-corrected chi connectivity index (χ4v) is 3.10. The molecule has 2 unspecified atom stereocenters. The number of rotatable bonds is 5. The summed E-state index contributed by atoms with van der Waals surface area (Å²) in [4.78, 5) is 38.9. The Bertz CT molecular complexity index is 621. The maximum atomic E-state index is 12.4. The molecule has 2 atom stereocenters. The Balaban J connectivity index is 1.49. The molecule has 24 heavy (non-hydrogen) atoms. The Morgan fingerprint density at radius 2 is 1.79 bits per heavy atom. The highest BCUT2D eigenvalue weighted by molar-refractivity contribution is 5.99. The lowest BCUT2D eigenvalue weighted by Gasteiger charge is -2.32. The lowest BCUT2D eigenvalue weighted by atomic mass is 10.1. The van der Waals surface area contributed by atoms with Gasteiger partial charge in [-0.05, 0) is 30.5 Å². The first kappa shape index (κ1) is 16.5. The van der Waals surface area contributed by atoms with Crippen molar-refractivity contribution in [1.29, 1.82) is 0 Å². The van der Waals surface area contributed by atoms with E-state index in [9.17, 15) is 14.4 Å². The van der Waals surface area contributed by atoms with Gasteiger partial charge in [-0.1, -0.05) is 19.1 Å². The van der Waals surface area contributed by atoms with E-state index in [0.29, 0.717) is 32.6 Å². The maximum Gasteiger partial charge on any atom is 0.228 e. The highest BCUT2D eigenvalue weighted by Gasteiger charge is 2.49. The quantitative estimate of drug-likeness (QED) is 0.823. The average molecular weight is 329 g/mol. The van der Waals surface area contributed by atoms with Gasteiger partial charge in [0.2, 0.25) is 18.2 Å². The van der Waals surface area contributed by atoms with Crippen LogP contribution in [0, 0.1) is 11.8 Å². The van der Waals surface area contributed by atoms with Crippen molar-refractivity contribution in [2.75, 3.05) is 31.5 Å². The molecule has 128 valence electrons. The predicted octanol–water partition coefficient (Wildman–Crippen LogP) is 1.12. The average Bonchev–Trinajstić information content (AvgIpc) is 3.43. The Labute approximate surface area is 141 Å². The first-order valence-corrected chi connectivity index (χ1v) is 8.50. The van der Waals surface area contributed by atoms with Crippen molar-refractivity contribution in [3.63, 3.8) is 0 Å². The zero-order valence-electron chi connectivity index (χ0n) is 13.9. The summed E-state index contributed by atoms with van der Waals surface area (Å²) in [7, 11) is 0. The van der Waals surface area contributed by atoms with Gasteiger partial charge in [0.25, 0.3) is 0 Å². The van der Waals surface area contributed by atoms with Gasteiger partial charge in [-0.25, -0.2) is 0 Å². The van der Waals surface area contributed by atoms with E-state index in [1.54, 1.807) is 9.80 Å². The number of aryl methyl sites for hydroxylation is 1. The normalized spacial score (nSPS) is 22.9. The third kappa shape index (κ3) is 3.58. The molecule has 6 heteroatoms. The molecule has 0 bridgehead atoms.